The second-order valence-corrected chi connectivity index (χ2v) is 8.62. The highest BCUT2D eigenvalue weighted by molar-refractivity contribution is 7.91. The van der Waals surface area contributed by atoms with Crippen molar-refractivity contribution in [3.8, 4) is 0 Å². The minimum atomic E-state index is -2.79. The summed E-state index contributed by atoms with van der Waals surface area (Å²) >= 11 is 0. The zero-order chi connectivity index (χ0) is 13.9. The van der Waals surface area contributed by atoms with Crippen molar-refractivity contribution in [2.45, 2.75) is 45.1 Å². The van der Waals surface area contributed by atoms with E-state index in [9.17, 15) is 8.42 Å². The summed E-state index contributed by atoms with van der Waals surface area (Å²) in [6, 6.07) is 0.308. The van der Waals surface area contributed by atoms with Gasteiger partial charge in [-0.25, -0.2) is 8.42 Å². The van der Waals surface area contributed by atoms with E-state index in [1.807, 2.05) is 0 Å². The zero-order valence-electron chi connectivity index (χ0n) is 12.1. The number of hydrogen-bond donors (Lipinski definition) is 1. The summed E-state index contributed by atoms with van der Waals surface area (Å²) < 4.78 is 23.2. The normalized spacial score (nSPS) is 36.8. The van der Waals surface area contributed by atoms with Crippen LogP contribution in [0.4, 0.5) is 0 Å². The molecule has 3 atom stereocenters. The number of sulfone groups is 1. The molecular weight excluding hydrogens is 260 g/mol. The van der Waals surface area contributed by atoms with Gasteiger partial charge in [-0.05, 0) is 44.1 Å². The van der Waals surface area contributed by atoms with E-state index in [1.54, 1.807) is 0 Å². The first kappa shape index (κ1) is 15.3. The van der Waals surface area contributed by atoms with Gasteiger partial charge in [0.15, 0.2) is 9.84 Å². The Hall–Kier alpha value is -0.130. The maximum Gasteiger partial charge on any atom is 0.151 e. The van der Waals surface area contributed by atoms with Crippen molar-refractivity contribution in [2.24, 2.45) is 17.6 Å². The molecule has 0 bridgehead atoms. The average molecular weight is 288 g/mol. The van der Waals surface area contributed by atoms with Crippen LogP contribution >= 0.6 is 0 Å². The van der Waals surface area contributed by atoms with Crippen molar-refractivity contribution < 1.29 is 8.42 Å². The first-order valence-corrected chi connectivity index (χ1v) is 9.50. The number of nitrogens with zero attached hydrogens (tertiary/aromatic N) is 1. The Morgan fingerprint density at radius 1 is 1.21 bits per heavy atom. The molecule has 19 heavy (non-hydrogen) atoms. The molecule has 5 heteroatoms. The molecule has 0 aromatic rings. The molecule has 0 amide bonds. The molecule has 2 aliphatic rings. The second-order valence-electron chi connectivity index (χ2n) is 6.32. The van der Waals surface area contributed by atoms with E-state index in [4.69, 9.17) is 5.73 Å². The van der Waals surface area contributed by atoms with Gasteiger partial charge in [0.1, 0.15) is 0 Å². The predicted molar refractivity (Wildman–Crippen MR) is 78.8 cm³/mol. The van der Waals surface area contributed by atoms with Crippen molar-refractivity contribution in [1.82, 2.24) is 4.90 Å². The minimum Gasteiger partial charge on any atom is -0.327 e. The molecule has 0 radical (unpaired) electrons. The molecule has 2 rings (SSSR count). The molecule has 112 valence electrons. The van der Waals surface area contributed by atoms with Gasteiger partial charge in [-0.3, -0.25) is 0 Å². The van der Waals surface area contributed by atoms with Gasteiger partial charge in [0.05, 0.1) is 11.5 Å². The van der Waals surface area contributed by atoms with Gasteiger partial charge < -0.3 is 10.6 Å². The van der Waals surface area contributed by atoms with E-state index >= 15 is 0 Å². The van der Waals surface area contributed by atoms with Crippen LogP contribution in [-0.2, 0) is 9.84 Å². The van der Waals surface area contributed by atoms with Crippen LogP contribution in [0, 0.1) is 11.8 Å². The van der Waals surface area contributed by atoms with E-state index in [1.165, 1.54) is 19.3 Å². The smallest absolute Gasteiger partial charge is 0.151 e. The molecule has 0 spiro atoms. The molecular formula is C14H28N2O2S. The first-order valence-electron chi connectivity index (χ1n) is 7.68. The highest BCUT2D eigenvalue weighted by atomic mass is 32.2. The van der Waals surface area contributed by atoms with Crippen molar-refractivity contribution in [3.63, 3.8) is 0 Å². The molecule has 3 unspecified atom stereocenters. The number of nitrogens with two attached hydrogens (primary N) is 1. The van der Waals surface area contributed by atoms with Crippen LogP contribution in [0.25, 0.3) is 0 Å². The zero-order valence-corrected chi connectivity index (χ0v) is 12.9. The standard InChI is InChI=1S/C14H28N2O2S/c1-2-12-4-5-14(15)13(10-12)11-16-6-3-8-19(17,18)9-7-16/h12-14H,2-11,15H2,1H3. The summed E-state index contributed by atoms with van der Waals surface area (Å²) in [5, 5.41) is 0. The van der Waals surface area contributed by atoms with Gasteiger partial charge in [0, 0.05) is 19.1 Å². The van der Waals surface area contributed by atoms with Crippen LogP contribution in [0.3, 0.4) is 0 Å². The van der Waals surface area contributed by atoms with Crippen molar-refractivity contribution in [1.29, 1.82) is 0 Å². The van der Waals surface area contributed by atoms with Crippen LogP contribution in [0.1, 0.15) is 39.0 Å². The molecule has 1 aliphatic carbocycles. The van der Waals surface area contributed by atoms with E-state index in [0.717, 1.165) is 31.8 Å². The third-order valence-corrected chi connectivity index (χ3v) is 6.58. The molecule has 0 aromatic carbocycles. The van der Waals surface area contributed by atoms with E-state index < -0.39 is 9.84 Å². The predicted octanol–water partition coefficient (Wildman–Crippen LogP) is 1.26. The molecule has 1 saturated heterocycles. The molecule has 2 fully saturated rings. The maximum absolute atomic E-state index is 11.6. The Kier molecular flexibility index (Phi) is 5.26. The molecule has 2 N–H and O–H groups in total. The molecule has 1 saturated carbocycles. The lowest BCUT2D eigenvalue weighted by molar-refractivity contribution is 0.160. The summed E-state index contributed by atoms with van der Waals surface area (Å²) in [7, 11) is -2.79. The van der Waals surface area contributed by atoms with Gasteiger partial charge in [0.2, 0.25) is 0 Å². The highest BCUT2D eigenvalue weighted by Crippen LogP contribution is 2.31. The van der Waals surface area contributed by atoms with Crippen LogP contribution in [-0.4, -0.2) is 50.5 Å². The second kappa shape index (κ2) is 6.55. The number of rotatable bonds is 3. The summed E-state index contributed by atoms with van der Waals surface area (Å²) in [4.78, 5) is 2.33. The van der Waals surface area contributed by atoms with E-state index in [-0.39, 0.29) is 0 Å². The third kappa shape index (κ3) is 4.43. The van der Waals surface area contributed by atoms with Crippen LogP contribution in [0.2, 0.25) is 0 Å². The van der Waals surface area contributed by atoms with Crippen LogP contribution < -0.4 is 5.73 Å². The van der Waals surface area contributed by atoms with Gasteiger partial charge in [-0.15, -0.1) is 0 Å². The Morgan fingerprint density at radius 3 is 2.74 bits per heavy atom. The lowest BCUT2D eigenvalue weighted by Crippen LogP contribution is -2.43. The van der Waals surface area contributed by atoms with Crippen molar-refractivity contribution >= 4 is 9.84 Å². The van der Waals surface area contributed by atoms with E-state index in [0.29, 0.717) is 30.0 Å². The quantitative estimate of drug-likeness (QED) is 0.849. The fraction of sp³-hybridized carbons (Fsp3) is 1.00. The topological polar surface area (TPSA) is 63.4 Å². The Morgan fingerprint density at radius 2 is 2.00 bits per heavy atom. The molecule has 1 aliphatic heterocycles. The number of hydrogen-bond acceptors (Lipinski definition) is 4. The minimum absolute atomic E-state index is 0.308. The summed E-state index contributed by atoms with van der Waals surface area (Å²) in [6.45, 7) is 4.87. The SMILES string of the molecule is CCC1CCC(N)C(CN2CCCS(=O)(=O)CC2)C1. The Labute approximate surface area is 117 Å². The van der Waals surface area contributed by atoms with Gasteiger partial charge in [0.25, 0.3) is 0 Å². The fourth-order valence-corrected chi connectivity index (χ4v) is 4.78. The lowest BCUT2D eigenvalue weighted by Gasteiger charge is -2.36. The largest absolute Gasteiger partial charge is 0.327 e. The monoisotopic (exact) mass is 288 g/mol. The molecule has 4 nitrogen and oxygen atoms in total. The summed E-state index contributed by atoms with van der Waals surface area (Å²) in [6.07, 6.45) is 5.65. The fourth-order valence-electron chi connectivity index (χ4n) is 3.47. The molecule has 1 heterocycles. The van der Waals surface area contributed by atoms with Crippen molar-refractivity contribution in [3.05, 3.63) is 0 Å². The van der Waals surface area contributed by atoms with E-state index in [2.05, 4.69) is 11.8 Å². The van der Waals surface area contributed by atoms with Gasteiger partial charge in [-0.1, -0.05) is 13.3 Å². The van der Waals surface area contributed by atoms with Crippen molar-refractivity contribution in [2.75, 3.05) is 31.1 Å². The van der Waals surface area contributed by atoms with Gasteiger partial charge >= 0.3 is 0 Å². The summed E-state index contributed by atoms with van der Waals surface area (Å²) in [5.74, 6) is 2.06. The first-order chi connectivity index (χ1) is 9.00. The Bertz CT molecular complexity index is 383. The average Bonchev–Trinajstić information content (AvgIpc) is 2.54. The maximum atomic E-state index is 11.6. The third-order valence-electron chi connectivity index (χ3n) is 4.87. The summed E-state index contributed by atoms with van der Waals surface area (Å²) in [5.41, 5.74) is 6.26. The molecule has 0 aromatic heterocycles. The van der Waals surface area contributed by atoms with Crippen LogP contribution in [0.5, 0.6) is 0 Å². The Balaban J connectivity index is 1.88. The van der Waals surface area contributed by atoms with Crippen LogP contribution in [0.15, 0.2) is 0 Å². The van der Waals surface area contributed by atoms with Gasteiger partial charge in [-0.2, -0.15) is 0 Å². The lowest BCUT2D eigenvalue weighted by atomic mass is 9.77. The highest BCUT2D eigenvalue weighted by Gasteiger charge is 2.29.